The molecule has 0 radical (unpaired) electrons. The molecule has 1 aliphatic heterocycles. The Morgan fingerprint density at radius 1 is 1.50 bits per heavy atom. The van der Waals surface area contributed by atoms with Gasteiger partial charge in [-0.2, -0.15) is 0 Å². The number of aliphatic hydroxyl groups excluding tert-OH is 1. The molecule has 0 aromatic rings. The SMILES string of the molecule is COC1CC(CC(C)C)OC(C)C1O. The summed E-state index contributed by atoms with van der Waals surface area (Å²) in [6, 6.07) is 0. The molecule has 4 unspecified atom stereocenters. The van der Waals surface area contributed by atoms with E-state index in [2.05, 4.69) is 13.8 Å². The molecular formula is C11H22O3. The van der Waals surface area contributed by atoms with Crippen LogP contribution in [0.1, 0.15) is 33.6 Å². The molecular weight excluding hydrogens is 180 g/mol. The molecule has 1 rings (SSSR count). The van der Waals surface area contributed by atoms with Crippen LogP contribution in [-0.2, 0) is 9.47 Å². The molecule has 0 saturated carbocycles. The minimum atomic E-state index is -0.483. The van der Waals surface area contributed by atoms with Crippen molar-refractivity contribution in [3.8, 4) is 0 Å². The lowest BCUT2D eigenvalue weighted by atomic mass is 9.93. The molecule has 84 valence electrons. The first-order chi connectivity index (χ1) is 6.54. The lowest BCUT2D eigenvalue weighted by Crippen LogP contribution is -2.47. The van der Waals surface area contributed by atoms with Crippen molar-refractivity contribution in [2.45, 2.75) is 58.0 Å². The molecule has 0 aromatic carbocycles. The average Bonchev–Trinajstić information content (AvgIpc) is 2.10. The van der Waals surface area contributed by atoms with Gasteiger partial charge in [0.1, 0.15) is 6.10 Å². The summed E-state index contributed by atoms with van der Waals surface area (Å²) in [6.07, 6.45) is 1.42. The molecule has 1 heterocycles. The number of methoxy groups -OCH3 is 1. The van der Waals surface area contributed by atoms with E-state index in [0.29, 0.717) is 5.92 Å². The summed E-state index contributed by atoms with van der Waals surface area (Å²) in [7, 11) is 1.65. The Morgan fingerprint density at radius 3 is 2.64 bits per heavy atom. The van der Waals surface area contributed by atoms with E-state index < -0.39 is 6.10 Å². The zero-order valence-corrected chi connectivity index (χ0v) is 9.56. The fourth-order valence-corrected chi connectivity index (χ4v) is 2.05. The Bertz CT molecular complexity index is 170. The summed E-state index contributed by atoms with van der Waals surface area (Å²) in [5.74, 6) is 0.625. The second kappa shape index (κ2) is 5.10. The van der Waals surface area contributed by atoms with Crippen molar-refractivity contribution in [2.75, 3.05) is 7.11 Å². The predicted molar refractivity (Wildman–Crippen MR) is 55.2 cm³/mol. The number of rotatable bonds is 3. The third-order valence-electron chi connectivity index (χ3n) is 2.80. The molecule has 1 saturated heterocycles. The highest BCUT2D eigenvalue weighted by Crippen LogP contribution is 2.25. The lowest BCUT2D eigenvalue weighted by molar-refractivity contribution is -0.173. The second-order valence-electron chi connectivity index (χ2n) is 4.59. The van der Waals surface area contributed by atoms with E-state index in [4.69, 9.17) is 9.47 Å². The summed E-state index contributed by atoms with van der Waals surface area (Å²) in [6.45, 7) is 6.27. The molecule has 0 amide bonds. The minimum Gasteiger partial charge on any atom is -0.388 e. The molecule has 3 nitrogen and oxygen atoms in total. The van der Waals surface area contributed by atoms with Gasteiger partial charge in [-0.15, -0.1) is 0 Å². The van der Waals surface area contributed by atoms with Gasteiger partial charge in [0.25, 0.3) is 0 Å². The Morgan fingerprint density at radius 2 is 2.14 bits per heavy atom. The van der Waals surface area contributed by atoms with Crippen molar-refractivity contribution < 1.29 is 14.6 Å². The molecule has 1 N–H and O–H groups in total. The normalized spacial score (nSPS) is 39.0. The zero-order chi connectivity index (χ0) is 10.7. The van der Waals surface area contributed by atoms with E-state index in [0.717, 1.165) is 12.8 Å². The molecule has 1 aliphatic rings. The molecule has 14 heavy (non-hydrogen) atoms. The quantitative estimate of drug-likeness (QED) is 0.755. The topological polar surface area (TPSA) is 38.7 Å². The maximum atomic E-state index is 9.74. The highest BCUT2D eigenvalue weighted by atomic mass is 16.5. The zero-order valence-electron chi connectivity index (χ0n) is 9.56. The smallest absolute Gasteiger partial charge is 0.106 e. The third kappa shape index (κ3) is 2.94. The number of aliphatic hydroxyl groups is 1. The summed E-state index contributed by atoms with van der Waals surface area (Å²) >= 11 is 0. The highest BCUT2D eigenvalue weighted by molar-refractivity contribution is 4.84. The van der Waals surface area contributed by atoms with Gasteiger partial charge < -0.3 is 14.6 Å². The standard InChI is InChI=1S/C11H22O3/c1-7(2)5-9-6-10(13-4)11(12)8(3)14-9/h7-12H,5-6H2,1-4H3. The van der Waals surface area contributed by atoms with Crippen LogP contribution in [0.4, 0.5) is 0 Å². The van der Waals surface area contributed by atoms with Crippen molar-refractivity contribution in [3.05, 3.63) is 0 Å². The van der Waals surface area contributed by atoms with E-state index in [-0.39, 0.29) is 18.3 Å². The lowest BCUT2D eigenvalue weighted by Gasteiger charge is -2.37. The van der Waals surface area contributed by atoms with Gasteiger partial charge in [-0.05, 0) is 19.3 Å². The van der Waals surface area contributed by atoms with Crippen LogP contribution in [0.5, 0.6) is 0 Å². The molecule has 4 atom stereocenters. The Labute approximate surface area is 86.4 Å². The molecule has 0 spiro atoms. The fourth-order valence-electron chi connectivity index (χ4n) is 2.05. The van der Waals surface area contributed by atoms with Gasteiger partial charge in [0.15, 0.2) is 0 Å². The van der Waals surface area contributed by atoms with E-state index in [1.165, 1.54) is 0 Å². The van der Waals surface area contributed by atoms with Gasteiger partial charge in [0.2, 0.25) is 0 Å². The van der Waals surface area contributed by atoms with E-state index in [9.17, 15) is 5.11 Å². The van der Waals surface area contributed by atoms with Crippen LogP contribution in [-0.4, -0.2) is 36.6 Å². The molecule has 0 aromatic heterocycles. The van der Waals surface area contributed by atoms with E-state index in [1.54, 1.807) is 7.11 Å². The molecule has 0 aliphatic carbocycles. The maximum Gasteiger partial charge on any atom is 0.106 e. The van der Waals surface area contributed by atoms with Crippen LogP contribution in [0, 0.1) is 5.92 Å². The first kappa shape index (κ1) is 12.0. The van der Waals surface area contributed by atoms with Crippen molar-refractivity contribution in [1.82, 2.24) is 0 Å². The maximum absolute atomic E-state index is 9.74. The first-order valence-corrected chi connectivity index (χ1v) is 5.41. The van der Waals surface area contributed by atoms with Gasteiger partial charge in [-0.1, -0.05) is 13.8 Å². The molecule has 1 fully saturated rings. The third-order valence-corrected chi connectivity index (χ3v) is 2.80. The predicted octanol–water partition coefficient (Wildman–Crippen LogP) is 1.59. The van der Waals surface area contributed by atoms with Crippen LogP contribution < -0.4 is 0 Å². The van der Waals surface area contributed by atoms with Gasteiger partial charge in [-0.25, -0.2) is 0 Å². The number of hydrogen-bond donors (Lipinski definition) is 1. The number of ether oxygens (including phenoxy) is 2. The van der Waals surface area contributed by atoms with Crippen LogP contribution in [0.3, 0.4) is 0 Å². The fraction of sp³-hybridized carbons (Fsp3) is 1.00. The average molecular weight is 202 g/mol. The molecule has 0 bridgehead atoms. The highest BCUT2D eigenvalue weighted by Gasteiger charge is 2.35. The van der Waals surface area contributed by atoms with E-state index in [1.807, 2.05) is 6.92 Å². The minimum absolute atomic E-state index is 0.0671. The summed E-state index contributed by atoms with van der Waals surface area (Å²) in [4.78, 5) is 0. The van der Waals surface area contributed by atoms with Crippen LogP contribution >= 0.6 is 0 Å². The molecule has 3 heteroatoms. The Kier molecular flexibility index (Phi) is 4.35. The summed E-state index contributed by atoms with van der Waals surface area (Å²) < 4.78 is 11.0. The first-order valence-electron chi connectivity index (χ1n) is 5.41. The van der Waals surface area contributed by atoms with Gasteiger partial charge >= 0.3 is 0 Å². The van der Waals surface area contributed by atoms with Crippen LogP contribution in [0.15, 0.2) is 0 Å². The van der Waals surface area contributed by atoms with Crippen molar-refractivity contribution in [3.63, 3.8) is 0 Å². The van der Waals surface area contributed by atoms with Gasteiger partial charge in [0, 0.05) is 13.5 Å². The monoisotopic (exact) mass is 202 g/mol. The van der Waals surface area contributed by atoms with Gasteiger partial charge in [0.05, 0.1) is 18.3 Å². The second-order valence-corrected chi connectivity index (χ2v) is 4.59. The van der Waals surface area contributed by atoms with Crippen LogP contribution in [0.25, 0.3) is 0 Å². The van der Waals surface area contributed by atoms with E-state index >= 15 is 0 Å². The number of hydrogen-bond acceptors (Lipinski definition) is 3. The van der Waals surface area contributed by atoms with Crippen molar-refractivity contribution in [2.24, 2.45) is 5.92 Å². The van der Waals surface area contributed by atoms with Crippen molar-refractivity contribution in [1.29, 1.82) is 0 Å². The van der Waals surface area contributed by atoms with Crippen LogP contribution in [0.2, 0.25) is 0 Å². The van der Waals surface area contributed by atoms with Gasteiger partial charge in [-0.3, -0.25) is 0 Å². The summed E-state index contributed by atoms with van der Waals surface area (Å²) in [5.41, 5.74) is 0. The Hall–Kier alpha value is -0.120. The summed E-state index contributed by atoms with van der Waals surface area (Å²) in [5, 5.41) is 9.74. The van der Waals surface area contributed by atoms with Crippen molar-refractivity contribution >= 4 is 0 Å². The largest absolute Gasteiger partial charge is 0.388 e. The Balaban J connectivity index is 2.49.